The highest BCUT2D eigenvalue weighted by Gasteiger charge is 2.33. The van der Waals surface area contributed by atoms with Gasteiger partial charge in [-0.05, 0) is 81.0 Å². The molecule has 0 amide bonds. The number of benzene rings is 1. The topological polar surface area (TPSA) is 69.7 Å². The van der Waals surface area contributed by atoms with Crippen molar-refractivity contribution in [3.63, 3.8) is 0 Å². The van der Waals surface area contributed by atoms with Gasteiger partial charge in [0.15, 0.2) is 0 Å². The fourth-order valence-electron chi connectivity index (χ4n) is 4.71. The highest BCUT2D eigenvalue weighted by molar-refractivity contribution is 5.58. The van der Waals surface area contributed by atoms with Gasteiger partial charge in [0.05, 0.1) is 17.9 Å². The maximum absolute atomic E-state index is 13.4. The second kappa shape index (κ2) is 10.7. The van der Waals surface area contributed by atoms with E-state index in [-0.39, 0.29) is 17.3 Å². The predicted octanol–water partition coefficient (Wildman–Crippen LogP) is 4.92. The lowest BCUT2D eigenvalue weighted by Crippen LogP contribution is -2.40. The summed E-state index contributed by atoms with van der Waals surface area (Å²) in [5.74, 6) is 0.128. The number of hydrogen-bond acceptors (Lipinski definition) is 3. The fraction of sp³-hybridized carbons (Fsp3) is 0.385. The lowest BCUT2D eigenvalue weighted by Gasteiger charge is -2.32. The summed E-state index contributed by atoms with van der Waals surface area (Å²) in [7, 11) is 0. The summed E-state index contributed by atoms with van der Waals surface area (Å²) >= 11 is 0. The van der Waals surface area contributed by atoms with Crippen LogP contribution in [-0.4, -0.2) is 50.5 Å². The molecule has 3 heterocycles. The van der Waals surface area contributed by atoms with E-state index in [1.807, 2.05) is 0 Å². The van der Waals surface area contributed by atoms with Crippen LogP contribution in [0.5, 0.6) is 0 Å². The van der Waals surface area contributed by atoms with E-state index in [9.17, 15) is 22.4 Å². The lowest BCUT2D eigenvalue weighted by molar-refractivity contribution is -0.148. The first-order valence-electron chi connectivity index (χ1n) is 11.9. The minimum Gasteiger partial charge on any atom is -0.322 e. The minimum atomic E-state index is -4.21. The molecular weight excluding hydrogens is 474 g/mol. The summed E-state index contributed by atoms with van der Waals surface area (Å²) in [5.41, 5.74) is 3.18. The molecule has 36 heavy (non-hydrogen) atoms. The molecule has 0 unspecified atom stereocenters. The third-order valence-corrected chi connectivity index (χ3v) is 6.61. The Morgan fingerprint density at radius 2 is 1.78 bits per heavy atom. The first-order chi connectivity index (χ1) is 17.2. The summed E-state index contributed by atoms with van der Waals surface area (Å²) in [6.07, 6.45) is 1.69. The quantitative estimate of drug-likeness (QED) is 0.408. The maximum atomic E-state index is 13.4. The van der Waals surface area contributed by atoms with Crippen LogP contribution in [0, 0.1) is 11.7 Å². The number of nitrogens with one attached hydrogen (secondary N) is 2. The second-order valence-corrected chi connectivity index (χ2v) is 9.14. The van der Waals surface area contributed by atoms with Crippen molar-refractivity contribution < 1.29 is 17.6 Å². The number of aryl methyl sites for hydroxylation is 1. The third kappa shape index (κ3) is 6.04. The zero-order valence-electron chi connectivity index (χ0n) is 19.9. The number of piperidine rings is 1. The highest BCUT2D eigenvalue weighted by atomic mass is 19.4. The first-order valence-corrected chi connectivity index (χ1v) is 11.9. The van der Waals surface area contributed by atoms with Crippen LogP contribution in [0.15, 0.2) is 42.2 Å². The molecule has 1 saturated heterocycles. The molecule has 1 aliphatic heterocycles. The molecule has 0 radical (unpaired) electrons. The van der Waals surface area contributed by atoms with Gasteiger partial charge in [0.1, 0.15) is 5.82 Å². The summed E-state index contributed by atoms with van der Waals surface area (Å²) in [6, 6.07) is 6.15. The molecule has 1 aromatic carbocycles. The first kappa shape index (κ1) is 25.7. The molecule has 0 atom stereocenters. The fourth-order valence-corrected chi connectivity index (χ4v) is 4.71. The van der Waals surface area contributed by atoms with Crippen LogP contribution in [0.2, 0.25) is 0 Å². The van der Waals surface area contributed by atoms with E-state index in [2.05, 4.69) is 28.2 Å². The molecule has 2 aromatic heterocycles. The number of aromatic amines is 2. The van der Waals surface area contributed by atoms with Crippen molar-refractivity contribution in [2.24, 2.45) is 5.92 Å². The Hall–Kier alpha value is -3.40. The number of H-pyrrole nitrogens is 2. The van der Waals surface area contributed by atoms with Crippen LogP contribution in [0.25, 0.3) is 18.1 Å². The molecule has 2 N–H and O–H groups in total. The van der Waals surface area contributed by atoms with Crippen molar-refractivity contribution in [3.05, 3.63) is 81.8 Å². The van der Waals surface area contributed by atoms with Gasteiger partial charge in [-0.15, -0.1) is 0 Å². The number of halogens is 4. The number of hydrogen-bond donors (Lipinski definition) is 2. The molecule has 1 aliphatic rings. The Morgan fingerprint density at radius 3 is 2.36 bits per heavy atom. The van der Waals surface area contributed by atoms with E-state index in [0.717, 1.165) is 11.3 Å². The van der Waals surface area contributed by atoms with E-state index in [0.29, 0.717) is 68.1 Å². The molecule has 192 valence electrons. The number of rotatable bonds is 9. The van der Waals surface area contributed by atoms with Crippen molar-refractivity contribution >= 4 is 12.2 Å². The normalized spacial score (nSPS) is 15.3. The van der Waals surface area contributed by atoms with E-state index >= 15 is 0 Å². The number of imidazole rings is 1. The van der Waals surface area contributed by atoms with Gasteiger partial charge in [-0.25, -0.2) is 9.37 Å². The average Bonchev–Trinajstić information content (AvgIpc) is 3.39. The average molecular weight is 504 g/mol. The van der Waals surface area contributed by atoms with Gasteiger partial charge in [0, 0.05) is 11.3 Å². The SMILES string of the molecule is C=Cc1nc(-n2[nH]c(CC3CCN(CC(F)(F)F)CC3)c(CCc3ccc(F)cc3)c2=O)[nH]c1C=C. The largest absolute Gasteiger partial charge is 0.401 e. The lowest BCUT2D eigenvalue weighted by atomic mass is 9.90. The van der Waals surface area contributed by atoms with Gasteiger partial charge < -0.3 is 4.98 Å². The predicted molar refractivity (Wildman–Crippen MR) is 131 cm³/mol. The number of alkyl halides is 3. The summed E-state index contributed by atoms with van der Waals surface area (Å²) < 4.78 is 52.9. The highest BCUT2D eigenvalue weighted by Crippen LogP contribution is 2.26. The van der Waals surface area contributed by atoms with Crippen LogP contribution in [0.3, 0.4) is 0 Å². The molecule has 0 saturated carbocycles. The van der Waals surface area contributed by atoms with Crippen molar-refractivity contribution in [2.45, 2.75) is 38.3 Å². The molecule has 0 spiro atoms. The maximum Gasteiger partial charge on any atom is 0.401 e. The molecule has 6 nitrogen and oxygen atoms in total. The van der Waals surface area contributed by atoms with Crippen LogP contribution < -0.4 is 5.56 Å². The van der Waals surface area contributed by atoms with Crippen molar-refractivity contribution in [3.8, 4) is 5.95 Å². The zero-order valence-corrected chi connectivity index (χ0v) is 19.9. The summed E-state index contributed by atoms with van der Waals surface area (Å²) in [5, 5.41) is 3.19. The molecule has 4 rings (SSSR count). The second-order valence-electron chi connectivity index (χ2n) is 9.14. The van der Waals surface area contributed by atoms with Gasteiger partial charge in [-0.1, -0.05) is 25.3 Å². The van der Waals surface area contributed by atoms with Crippen molar-refractivity contribution in [2.75, 3.05) is 19.6 Å². The van der Waals surface area contributed by atoms with Gasteiger partial charge in [-0.2, -0.15) is 17.9 Å². The van der Waals surface area contributed by atoms with Crippen LogP contribution in [0.1, 0.15) is 41.1 Å². The van der Waals surface area contributed by atoms with Crippen LogP contribution >= 0.6 is 0 Å². The number of aromatic nitrogens is 4. The Labute approximate surface area is 206 Å². The minimum absolute atomic E-state index is 0.148. The van der Waals surface area contributed by atoms with Gasteiger partial charge in [0.2, 0.25) is 5.95 Å². The Balaban J connectivity index is 1.58. The number of nitrogens with zero attached hydrogens (tertiary/aromatic N) is 3. The third-order valence-electron chi connectivity index (χ3n) is 6.61. The Kier molecular flexibility index (Phi) is 7.63. The molecule has 3 aromatic rings. The monoisotopic (exact) mass is 503 g/mol. The van der Waals surface area contributed by atoms with Gasteiger partial charge >= 0.3 is 6.18 Å². The van der Waals surface area contributed by atoms with E-state index in [4.69, 9.17) is 0 Å². The van der Waals surface area contributed by atoms with E-state index < -0.39 is 12.7 Å². The van der Waals surface area contributed by atoms with Crippen molar-refractivity contribution in [1.29, 1.82) is 0 Å². The Morgan fingerprint density at radius 1 is 1.08 bits per heavy atom. The molecule has 10 heteroatoms. The number of likely N-dealkylation sites (tertiary alicyclic amines) is 1. The molecular formula is C26H29F4N5O. The molecule has 0 bridgehead atoms. The van der Waals surface area contributed by atoms with Crippen LogP contribution in [-0.2, 0) is 19.3 Å². The summed E-state index contributed by atoms with van der Waals surface area (Å²) in [4.78, 5) is 22.4. The van der Waals surface area contributed by atoms with Gasteiger partial charge in [0.25, 0.3) is 5.56 Å². The Bertz CT molecular complexity index is 1240. The van der Waals surface area contributed by atoms with Crippen molar-refractivity contribution in [1.82, 2.24) is 24.6 Å². The van der Waals surface area contributed by atoms with Crippen LogP contribution in [0.4, 0.5) is 17.6 Å². The molecule has 1 fully saturated rings. The zero-order chi connectivity index (χ0) is 25.9. The standard InChI is InChI=1S/C26H29F4N5O/c1-3-21-22(4-2)32-25(31-21)35-24(36)20(10-7-17-5-8-19(27)9-6-17)23(33-35)15-18-11-13-34(14-12-18)16-26(28,29)30/h3-6,8-9,18,33H,1-2,7,10-16H2,(H,31,32). The van der Waals surface area contributed by atoms with E-state index in [1.165, 1.54) is 21.7 Å². The van der Waals surface area contributed by atoms with E-state index in [1.54, 1.807) is 24.3 Å². The smallest absolute Gasteiger partial charge is 0.322 e. The summed E-state index contributed by atoms with van der Waals surface area (Å²) in [6.45, 7) is 7.32. The molecule has 0 aliphatic carbocycles. The van der Waals surface area contributed by atoms with Gasteiger partial charge in [-0.3, -0.25) is 14.8 Å².